The number of aromatic nitrogens is 1. The van der Waals surface area contributed by atoms with Crippen molar-refractivity contribution in [3.63, 3.8) is 0 Å². The summed E-state index contributed by atoms with van der Waals surface area (Å²) in [6.07, 6.45) is 0. The van der Waals surface area contributed by atoms with E-state index in [0.717, 1.165) is 27.7 Å². The minimum Gasteiger partial charge on any atom is -0.452 e. The summed E-state index contributed by atoms with van der Waals surface area (Å²) in [7, 11) is 0. The molecule has 0 saturated heterocycles. The quantitative estimate of drug-likeness (QED) is 0.584. The summed E-state index contributed by atoms with van der Waals surface area (Å²) in [6, 6.07) is 17.2. The Kier molecular flexibility index (Phi) is 6.27. The number of aryl methyl sites for hydroxylation is 2. The first kappa shape index (κ1) is 20.5. The molecule has 0 unspecified atom stereocenters. The smallest absolute Gasteiger partial charge is 0.339 e. The van der Waals surface area contributed by atoms with E-state index in [9.17, 15) is 9.59 Å². The number of carbonyl (C=O) groups excluding carboxylic acids is 2. The van der Waals surface area contributed by atoms with Gasteiger partial charge < -0.3 is 9.64 Å². The maximum atomic E-state index is 12.8. The lowest BCUT2D eigenvalue weighted by Gasteiger charge is -2.26. The SMILES string of the molecule is Cc1ccc2nc(C)cc(C(=O)OCC(=O)N(Cc3ccccc3)C(C)C)c2c1. The molecule has 3 aromatic rings. The molecule has 1 amide bonds. The average molecular weight is 390 g/mol. The molecule has 3 rings (SSSR count). The second kappa shape index (κ2) is 8.86. The van der Waals surface area contributed by atoms with E-state index in [4.69, 9.17) is 4.74 Å². The monoisotopic (exact) mass is 390 g/mol. The summed E-state index contributed by atoms with van der Waals surface area (Å²) in [5.74, 6) is -0.730. The molecule has 2 aromatic carbocycles. The molecule has 5 heteroatoms. The van der Waals surface area contributed by atoms with E-state index in [-0.39, 0.29) is 18.6 Å². The van der Waals surface area contributed by atoms with Crippen molar-refractivity contribution >= 4 is 22.8 Å². The Labute approximate surface area is 171 Å². The first-order chi connectivity index (χ1) is 13.8. The van der Waals surface area contributed by atoms with Crippen LogP contribution < -0.4 is 0 Å². The number of carbonyl (C=O) groups is 2. The second-order valence-corrected chi connectivity index (χ2v) is 7.51. The van der Waals surface area contributed by atoms with Crippen molar-refractivity contribution in [2.75, 3.05) is 6.61 Å². The van der Waals surface area contributed by atoms with E-state index in [1.54, 1.807) is 11.0 Å². The van der Waals surface area contributed by atoms with Crippen LogP contribution in [0.1, 0.15) is 41.0 Å². The molecule has 29 heavy (non-hydrogen) atoms. The normalized spacial score (nSPS) is 10.9. The zero-order chi connectivity index (χ0) is 21.0. The number of pyridine rings is 1. The topological polar surface area (TPSA) is 59.5 Å². The fourth-order valence-electron chi connectivity index (χ4n) is 3.27. The fraction of sp³-hybridized carbons (Fsp3) is 0.292. The Hall–Kier alpha value is -3.21. The summed E-state index contributed by atoms with van der Waals surface area (Å²) >= 11 is 0. The van der Waals surface area contributed by atoms with Crippen LogP contribution in [0.4, 0.5) is 0 Å². The van der Waals surface area contributed by atoms with Crippen LogP contribution in [-0.2, 0) is 16.1 Å². The number of amides is 1. The van der Waals surface area contributed by atoms with Crippen LogP contribution in [0.3, 0.4) is 0 Å². The van der Waals surface area contributed by atoms with Gasteiger partial charge in [-0.3, -0.25) is 9.78 Å². The molecule has 5 nitrogen and oxygen atoms in total. The third-order valence-electron chi connectivity index (χ3n) is 4.78. The molecular formula is C24H26N2O3. The molecule has 0 radical (unpaired) electrons. The molecule has 0 atom stereocenters. The molecule has 0 aliphatic carbocycles. The predicted molar refractivity (Wildman–Crippen MR) is 114 cm³/mol. The van der Waals surface area contributed by atoms with Gasteiger partial charge in [0.15, 0.2) is 6.61 Å². The Balaban J connectivity index is 1.75. The zero-order valence-electron chi connectivity index (χ0n) is 17.3. The molecule has 1 aromatic heterocycles. The van der Waals surface area contributed by atoms with Gasteiger partial charge in [0.2, 0.25) is 0 Å². The maximum absolute atomic E-state index is 12.8. The van der Waals surface area contributed by atoms with Crippen molar-refractivity contribution in [2.24, 2.45) is 0 Å². The van der Waals surface area contributed by atoms with E-state index in [2.05, 4.69) is 4.98 Å². The lowest BCUT2D eigenvalue weighted by atomic mass is 10.1. The van der Waals surface area contributed by atoms with Gasteiger partial charge in [-0.25, -0.2) is 4.79 Å². The Morgan fingerprint density at radius 2 is 1.76 bits per heavy atom. The standard InChI is InChI=1S/C24H26N2O3/c1-16(2)26(14-19-8-6-5-7-9-19)23(27)15-29-24(28)21-13-18(4)25-22-11-10-17(3)12-20(21)22/h5-13,16H,14-15H2,1-4H3. The van der Waals surface area contributed by atoms with Gasteiger partial charge >= 0.3 is 5.97 Å². The highest BCUT2D eigenvalue weighted by Crippen LogP contribution is 2.21. The van der Waals surface area contributed by atoms with Gasteiger partial charge in [-0.2, -0.15) is 0 Å². The predicted octanol–water partition coefficient (Wildman–Crippen LogP) is 4.45. The number of benzene rings is 2. The van der Waals surface area contributed by atoms with Gasteiger partial charge in [0, 0.05) is 23.7 Å². The molecular weight excluding hydrogens is 364 g/mol. The lowest BCUT2D eigenvalue weighted by molar-refractivity contribution is -0.136. The van der Waals surface area contributed by atoms with Crippen molar-refractivity contribution in [1.82, 2.24) is 9.88 Å². The number of nitrogens with zero attached hydrogens (tertiary/aromatic N) is 2. The molecule has 0 aliphatic rings. The Bertz CT molecular complexity index is 1030. The van der Waals surface area contributed by atoms with Crippen LogP contribution in [0.15, 0.2) is 54.6 Å². The van der Waals surface area contributed by atoms with Crippen molar-refractivity contribution in [3.05, 3.63) is 77.0 Å². The number of fused-ring (bicyclic) bond motifs is 1. The molecule has 150 valence electrons. The van der Waals surface area contributed by atoms with Gasteiger partial charge in [-0.05, 0) is 51.5 Å². The number of rotatable bonds is 6. The van der Waals surface area contributed by atoms with Gasteiger partial charge in [0.1, 0.15) is 0 Å². The summed E-state index contributed by atoms with van der Waals surface area (Å²) in [6.45, 7) is 7.88. The number of esters is 1. The average Bonchev–Trinajstić information content (AvgIpc) is 2.70. The Morgan fingerprint density at radius 3 is 2.45 bits per heavy atom. The van der Waals surface area contributed by atoms with E-state index in [0.29, 0.717) is 12.1 Å². The Morgan fingerprint density at radius 1 is 1.03 bits per heavy atom. The van der Waals surface area contributed by atoms with E-state index in [1.165, 1.54) is 0 Å². The van der Waals surface area contributed by atoms with Crippen molar-refractivity contribution < 1.29 is 14.3 Å². The maximum Gasteiger partial charge on any atom is 0.339 e. The molecule has 1 heterocycles. The highest BCUT2D eigenvalue weighted by atomic mass is 16.5. The van der Waals surface area contributed by atoms with E-state index in [1.807, 2.05) is 76.2 Å². The van der Waals surface area contributed by atoms with Crippen LogP contribution in [0.5, 0.6) is 0 Å². The van der Waals surface area contributed by atoms with Crippen LogP contribution >= 0.6 is 0 Å². The van der Waals surface area contributed by atoms with Crippen molar-refractivity contribution in [3.8, 4) is 0 Å². The van der Waals surface area contributed by atoms with Gasteiger partial charge in [0.05, 0.1) is 11.1 Å². The summed E-state index contributed by atoms with van der Waals surface area (Å²) in [5, 5.41) is 0.734. The minimum absolute atomic E-state index is 0.00643. The van der Waals surface area contributed by atoms with Crippen LogP contribution in [0, 0.1) is 13.8 Å². The molecule has 0 fully saturated rings. The number of hydrogen-bond donors (Lipinski definition) is 0. The summed E-state index contributed by atoms with van der Waals surface area (Å²) in [4.78, 5) is 31.7. The highest BCUT2D eigenvalue weighted by Gasteiger charge is 2.20. The number of hydrogen-bond acceptors (Lipinski definition) is 4. The molecule has 0 saturated carbocycles. The van der Waals surface area contributed by atoms with Gasteiger partial charge in [-0.15, -0.1) is 0 Å². The zero-order valence-corrected chi connectivity index (χ0v) is 17.3. The van der Waals surface area contributed by atoms with Crippen molar-refractivity contribution in [1.29, 1.82) is 0 Å². The van der Waals surface area contributed by atoms with Crippen molar-refractivity contribution in [2.45, 2.75) is 40.3 Å². The number of ether oxygens (including phenoxy) is 1. The third kappa shape index (κ3) is 4.99. The van der Waals surface area contributed by atoms with Gasteiger partial charge in [-0.1, -0.05) is 42.0 Å². The van der Waals surface area contributed by atoms with Crippen LogP contribution in [0.25, 0.3) is 10.9 Å². The second-order valence-electron chi connectivity index (χ2n) is 7.51. The minimum atomic E-state index is -0.511. The van der Waals surface area contributed by atoms with E-state index >= 15 is 0 Å². The first-order valence-corrected chi connectivity index (χ1v) is 9.73. The highest BCUT2D eigenvalue weighted by molar-refractivity contribution is 6.04. The molecule has 0 bridgehead atoms. The van der Waals surface area contributed by atoms with Crippen LogP contribution in [-0.4, -0.2) is 34.4 Å². The lowest BCUT2D eigenvalue weighted by Crippen LogP contribution is -2.39. The molecule has 0 spiro atoms. The third-order valence-corrected chi connectivity index (χ3v) is 4.78. The first-order valence-electron chi connectivity index (χ1n) is 9.73. The largest absolute Gasteiger partial charge is 0.452 e. The molecule has 0 N–H and O–H groups in total. The van der Waals surface area contributed by atoms with Crippen LogP contribution in [0.2, 0.25) is 0 Å². The fourth-order valence-corrected chi connectivity index (χ4v) is 3.27. The summed E-state index contributed by atoms with van der Waals surface area (Å²) < 4.78 is 5.40. The van der Waals surface area contributed by atoms with Gasteiger partial charge in [0.25, 0.3) is 5.91 Å². The molecule has 0 aliphatic heterocycles. The van der Waals surface area contributed by atoms with E-state index < -0.39 is 5.97 Å². The summed E-state index contributed by atoms with van der Waals surface area (Å²) in [5.41, 5.74) is 3.96.